The first kappa shape index (κ1) is 14.6. The Bertz CT molecular complexity index is 486. The molecule has 0 unspecified atom stereocenters. The highest BCUT2D eigenvalue weighted by Crippen LogP contribution is 2.42. The first-order valence-electron chi connectivity index (χ1n) is 8.20. The van der Waals surface area contributed by atoms with Crippen LogP contribution in [0.25, 0.3) is 0 Å². The minimum absolute atomic E-state index is 0.0205. The van der Waals surface area contributed by atoms with Crippen LogP contribution in [0, 0.1) is 5.41 Å². The van der Waals surface area contributed by atoms with Crippen LogP contribution in [0.5, 0.6) is 0 Å². The van der Waals surface area contributed by atoms with E-state index in [0.29, 0.717) is 6.61 Å². The molecule has 0 amide bonds. The van der Waals surface area contributed by atoms with Gasteiger partial charge in [-0.15, -0.1) is 0 Å². The number of nitrogens with one attached hydrogen (secondary N) is 1. The van der Waals surface area contributed by atoms with Crippen LogP contribution < -0.4 is 5.32 Å². The largest absolute Gasteiger partial charge is 0.466 e. The number of benzene rings is 1. The lowest BCUT2D eigenvalue weighted by Gasteiger charge is -2.39. The average Bonchev–Trinajstić information content (AvgIpc) is 3.27. The normalized spacial score (nSPS) is 19.9. The Morgan fingerprint density at radius 2 is 2.00 bits per heavy atom. The van der Waals surface area contributed by atoms with E-state index in [1.807, 2.05) is 6.92 Å². The Balaban J connectivity index is 1.49. The van der Waals surface area contributed by atoms with Crippen molar-refractivity contribution in [3.05, 3.63) is 35.4 Å². The minimum atomic E-state index is -0.260. The number of ether oxygens (including phenoxy) is 1. The van der Waals surface area contributed by atoms with E-state index in [2.05, 4.69) is 29.6 Å². The maximum atomic E-state index is 12.1. The van der Waals surface area contributed by atoms with Crippen molar-refractivity contribution in [3.63, 3.8) is 0 Å². The predicted octanol–water partition coefficient (Wildman–Crippen LogP) is 3.39. The van der Waals surface area contributed by atoms with Gasteiger partial charge in [0.15, 0.2) is 0 Å². The molecular weight excluding hydrogens is 262 g/mol. The Hall–Kier alpha value is -1.35. The zero-order chi connectivity index (χ0) is 14.7. The fourth-order valence-electron chi connectivity index (χ4n) is 3.11. The number of carbonyl (C=O) groups excluding carboxylic acids is 1. The lowest BCUT2D eigenvalue weighted by atomic mass is 9.68. The van der Waals surface area contributed by atoms with Crippen LogP contribution in [0.3, 0.4) is 0 Å². The number of carbonyl (C=O) groups is 1. The van der Waals surface area contributed by atoms with Crippen LogP contribution in [0.1, 0.15) is 56.1 Å². The summed E-state index contributed by atoms with van der Waals surface area (Å²) in [5.74, 6) is 0.793. The van der Waals surface area contributed by atoms with E-state index < -0.39 is 0 Å². The molecule has 2 saturated carbocycles. The summed E-state index contributed by atoms with van der Waals surface area (Å²) in [5, 5.41) is 3.45. The van der Waals surface area contributed by atoms with E-state index in [-0.39, 0.29) is 11.4 Å². The summed E-state index contributed by atoms with van der Waals surface area (Å²) in [7, 11) is 0. The quantitative estimate of drug-likeness (QED) is 0.781. The van der Waals surface area contributed by atoms with Crippen molar-refractivity contribution in [1.29, 1.82) is 0 Å². The highest BCUT2D eigenvalue weighted by atomic mass is 16.5. The van der Waals surface area contributed by atoms with Gasteiger partial charge in [-0.1, -0.05) is 30.7 Å². The maximum absolute atomic E-state index is 12.1. The highest BCUT2D eigenvalue weighted by molar-refractivity contribution is 5.78. The lowest BCUT2D eigenvalue weighted by molar-refractivity contribution is -0.160. The molecule has 0 aromatic heterocycles. The monoisotopic (exact) mass is 287 g/mol. The van der Waals surface area contributed by atoms with E-state index in [1.165, 1.54) is 24.0 Å². The second-order valence-electron chi connectivity index (χ2n) is 6.47. The van der Waals surface area contributed by atoms with Gasteiger partial charge < -0.3 is 10.1 Å². The van der Waals surface area contributed by atoms with Crippen LogP contribution in [-0.4, -0.2) is 19.1 Å². The molecule has 0 saturated heterocycles. The molecule has 0 spiro atoms. The van der Waals surface area contributed by atoms with Crippen molar-refractivity contribution >= 4 is 5.97 Å². The summed E-state index contributed by atoms with van der Waals surface area (Å²) in [5.41, 5.74) is 2.50. The SMILES string of the molecule is CCOC(=O)C1(CNCc2ccc(C3CC3)cc2)CCC1. The molecule has 2 aliphatic carbocycles. The number of hydrogen-bond acceptors (Lipinski definition) is 3. The first-order chi connectivity index (χ1) is 10.2. The molecule has 3 rings (SSSR count). The van der Waals surface area contributed by atoms with E-state index in [9.17, 15) is 4.79 Å². The topological polar surface area (TPSA) is 38.3 Å². The third-order valence-corrected chi connectivity index (χ3v) is 4.84. The smallest absolute Gasteiger partial charge is 0.313 e. The van der Waals surface area contributed by atoms with Crippen molar-refractivity contribution < 1.29 is 9.53 Å². The van der Waals surface area contributed by atoms with Gasteiger partial charge in [-0.2, -0.15) is 0 Å². The second-order valence-corrected chi connectivity index (χ2v) is 6.47. The van der Waals surface area contributed by atoms with Gasteiger partial charge in [-0.25, -0.2) is 0 Å². The molecule has 0 atom stereocenters. The van der Waals surface area contributed by atoms with Crippen molar-refractivity contribution in [2.75, 3.05) is 13.2 Å². The molecule has 1 aromatic carbocycles. The zero-order valence-corrected chi connectivity index (χ0v) is 12.9. The Labute approximate surface area is 127 Å². The number of hydrogen-bond donors (Lipinski definition) is 1. The molecule has 1 aromatic rings. The summed E-state index contributed by atoms with van der Waals surface area (Å²) < 4.78 is 5.22. The molecule has 0 bridgehead atoms. The molecule has 3 heteroatoms. The van der Waals surface area contributed by atoms with E-state index in [0.717, 1.165) is 38.3 Å². The van der Waals surface area contributed by atoms with Crippen molar-refractivity contribution in [2.24, 2.45) is 5.41 Å². The Morgan fingerprint density at radius 1 is 1.29 bits per heavy atom. The van der Waals surface area contributed by atoms with Gasteiger partial charge in [0.1, 0.15) is 0 Å². The van der Waals surface area contributed by atoms with Crippen LogP contribution in [0.2, 0.25) is 0 Å². The molecule has 2 aliphatic rings. The minimum Gasteiger partial charge on any atom is -0.466 e. The summed E-state index contributed by atoms with van der Waals surface area (Å²) in [6, 6.07) is 8.91. The van der Waals surface area contributed by atoms with Crippen molar-refractivity contribution in [3.8, 4) is 0 Å². The van der Waals surface area contributed by atoms with E-state index >= 15 is 0 Å². The van der Waals surface area contributed by atoms with Crippen LogP contribution in [0.4, 0.5) is 0 Å². The zero-order valence-electron chi connectivity index (χ0n) is 12.9. The molecule has 21 heavy (non-hydrogen) atoms. The van der Waals surface area contributed by atoms with Crippen LogP contribution in [0.15, 0.2) is 24.3 Å². The van der Waals surface area contributed by atoms with Gasteiger partial charge in [0.25, 0.3) is 0 Å². The van der Waals surface area contributed by atoms with Gasteiger partial charge in [-0.05, 0) is 49.7 Å². The third kappa shape index (κ3) is 3.29. The lowest BCUT2D eigenvalue weighted by Crippen LogP contribution is -2.47. The fourth-order valence-corrected chi connectivity index (χ4v) is 3.11. The summed E-state index contributed by atoms with van der Waals surface area (Å²) in [6.07, 6.45) is 5.74. The van der Waals surface area contributed by atoms with Gasteiger partial charge in [0.05, 0.1) is 12.0 Å². The second kappa shape index (κ2) is 6.18. The molecule has 114 valence electrons. The van der Waals surface area contributed by atoms with Crippen LogP contribution >= 0.6 is 0 Å². The summed E-state index contributed by atoms with van der Waals surface area (Å²) >= 11 is 0. The van der Waals surface area contributed by atoms with Gasteiger partial charge in [-0.3, -0.25) is 4.79 Å². The van der Waals surface area contributed by atoms with E-state index in [4.69, 9.17) is 4.74 Å². The predicted molar refractivity (Wildman–Crippen MR) is 83.0 cm³/mol. The molecule has 0 heterocycles. The third-order valence-electron chi connectivity index (χ3n) is 4.84. The Morgan fingerprint density at radius 3 is 2.52 bits per heavy atom. The molecule has 1 N–H and O–H groups in total. The number of rotatable bonds is 7. The molecule has 0 aliphatic heterocycles. The van der Waals surface area contributed by atoms with Gasteiger partial charge in [0, 0.05) is 13.1 Å². The Kier molecular flexibility index (Phi) is 4.29. The first-order valence-corrected chi connectivity index (χ1v) is 8.20. The molecule has 0 radical (unpaired) electrons. The van der Waals surface area contributed by atoms with Crippen LogP contribution in [-0.2, 0) is 16.1 Å². The summed E-state index contributed by atoms with van der Waals surface area (Å²) in [6.45, 7) is 3.91. The van der Waals surface area contributed by atoms with Gasteiger partial charge >= 0.3 is 5.97 Å². The maximum Gasteiger partial charge on any atom is 0.313 e. The average molecular weight is 287 g/mol. The van der Waals surface area contributed by atoms with Gasteiger partial charge in [0.2, 0.25) is 0 Å². The molecule has 3 nitrogen and oxygen atoms in total. The summed E-state index contributed by atoms with van der Waals surface area (Å²) in [4.78, 5) is 12.1. The number of esters is 1. The van der Waals surface area contributed by atoms with Crippen molar-refractivity contribution in [1.82, 2.24) is 5.32 Å². The van der Waals surface area contributed by atoms with Crippen molar-refractivity contribution in [2.45, 2.75) is 51.5 Å². The molecule has 2 fully saturated rings. The highest BCUT2D eigenvalue weighted by Gasteiger charge is 2.45. The molecular formula is C18H25NO2. The fraction of sp³-hybridized carbons (Fsp3) is 0.611. The van der Waals surface area contributed by atoms with E-state index in [1.54, 1.807) is 0 Å². The standard InChI is InChI=1S/C18H25NO2/c1-2-21-17(20)18(10-3-11-18)13-19-12-14-4-6-15(7-5-14)16-8-9-16/h4-7,16,19H,2-3,8-13H2,1H3.